The first-order valence-corrected chi connectivity index (χ1v) is 11.1. The minimum absolute atomic E-state index is 0.0725. The Morgan fingerprint density at radius 2 is 2.11 bits per heavy atom. The van der Waals surface area contributed by atoms with E-state index in [1.807, 2.05) is 6.07 Å². The summed E-state index contributed by atoms with van der Waals surface area (Å²) in [7, 11) is -3.52. The molecule has 1 radical (unpaired) electrons. The van der Waals surface area contributed by atoms with Gasteiger partial charge in [0, 0.05) is 18.5 Å². The van der Waals surface area contributed by atoms with E-state index in [-0.39, 0.29) is 18.6 Å². The number of H-pyrrole nitrogens is 1. The Kier molecular flexibility index (Phi) is 6.62. The number of benzene rings is 1. The first-order valence-electron chi connectivity index (χ1n) is 9.55. The minimum Gasteiger partial charge on any atom is -0.345 e. The second-order valence-electron chi connectivity index (χ2n) is 7.26. The largest absolute Gasteiger partial charge is 0.345 e. The molecular formula is C19H27N4O3S. The van der Waals surface area contributed by atoms with Gasteiger partial charge in [-0.15, -0.1) is 4.72 Å². The Labute approximate surface area is 160 Å². The number of aromatic nitrogens is 2. The number of sulfonamides is 1. The Morgan fingerprint density at radius 3 is 2.89 bits per heavy atom. The number of ketones is 1. The molecule has 2 aromatic rings. The van der Waals surface area contributed by atoms with E-state index in [0.717, 1.165) is 43.4 Å². The number of fused-ring (bicyclic) bond motifs is 1. The van der Waals surface area contributed by atoms with Crippen molar-refractivity contribution >= 4 is 26.8 Å². The molecule has 0 saturated carbocycles. The molecule has 1 aliphatic heterocycles. The molecule has 1 aromatic heterocycles. The monoisotopic (exact) mass is 391 g/mol. The highest BCUT2D eigenvalue weighted by Gasteiger charge is 2.23. The topological polar surface area (TPSA) is 106 Å². The van der Waals surface area contributed by atoms with Gasteiger partial charge < -0.3 is 10.3 Å². The van der Waals surface area contributed by atoms with Gasteiger partial charge in [-0.3, -0.25) is 4.79 Å². The van der Waals surface area contributed by atoms with Crippen molar-refractivity contribution in [3.05, 3.63) is 30.1 Å². The lowest BCUT2D eigenvalue weighted by molar-refractivity contribution is 0.0980. The summed E-state index contributed by atoms with van der Waals surface area (Å²) in [5.74, 6) is 0.482. The van der Waals surface area contributed by atoms with Crippen LogP contribution in [0, 0.1) is 5.92 Å². The first kappa shape index (κ1) is 20.0. The molecule has 1 aromatic carbocycles. The van der Waals surface area contributed by atoms with Gasteiger partial charge in [0.05, 0.1) is 22.6 Å². The zero-order valence-electron chi connectivity index (χ0n) is 15.6. The lowest BCUT2D eigenvalue weighted by atomic mass is 9.95. The second-order valence-corrected chi connectivity index (χ2v) is 9.35. The predicted molar refractivity (Wildman–Crippen MR) is 105 cm³/mol. The normalized spacial score (nSPS) is 17.2. The van der Waals surface area contributed by atoms with E-state index in [4.69, 9.17) is 0 Å². The molecule has 3 rings (SSSR count). The molecule has 1 saturated heterocycles. The number of imidazole rings is 1. The zero-order valence-corrected chi connectivity index (χ0v) is 16.5. The molecular weight excluding hydrogens is 364 g/mol. The molecule has 2 N–H and O–H groups in total. The number of hydrogen-bond acceptors (Lipinski definition) is 5. The maximum atomic E-state index is 12.4. The molecule has 7 nitrogen and oxygen atoms in total. The molecule has 8 heteroatoms. The summed E-state index contributed by atoms with van der Waals surface area (Å²) in [6.45, 7) is 3.98. The van der Waals surface area contributed by atoms with Crippen LogP contribution in [0.3, 0.4) is 0 Å². The number of nitrogens with one attached hydrogen (secondary N) is 2. The average molecular weight is 392 g/mol. The Bertz CT molecular complexity index is 872. The summed E-state index contributed by atoms with van der Waals surface area (Å²) in [5.41, 5.74) is 2.16. The molecule has 147 valence electrons. The predicted octanol–water partition coefficient (Wildman–Crippen LogP) is 2.24. The summed E-state index contributed by atoms with van der Waals surface area (Å²) < 4.78 is 28.7. The van der Waals surface area contributed by atoms with Crippen molar-refractivity contribution in [1.82, 2.24) is 20.0 Å². The molecule has 1 unspecified atom stereocenters. The molecule has 0 spiro atoms. The number of carbonyl (C=O) groups is 1. The van der Waals surface area contributed by atoms with Gasteiger partial charge in [0.15, 0.2) is 5.78 Å². The van der Waals surface area contributed by atoms with Crippen LogP contribution in [-0.2, 0) is 10.0 Å². The van der Waals surface area contributed by atoms with Crippen molar-refractivity contribution < 1.29 is 13.2 Å². The van der Waals surface area contributed by atoms with E-state index in [0.29, 0.717) is 18.0 Å². The molecule has 1 fully saturated rings. The van der Waals surface area contributed by atoms with Crippen molar-refractivity contribution in [2.75, 3.05) is 19.6 Å². The van der Waals surface area contributed by atoms with E-state index in [2.05, 4.69) is 20.0 Å². The fourth-order valence-electron chi connectivity index (χ4n) is 3.39. The van der Waals surface area contributed by atoms with Gasteiger partial charge in [0.25, 0.3) is 0 Å². The number of Topliss-reactive ketones (excluding diaryl/α,β-unsaturated/α-hetero) is 1. The maximum Gasteiger partial charge on any atom is 0.230 e. The number of carbonyl (C=O) groups excluding carboxylic acids is 1. The Hall–Kier alpha value is -1.77. The summed E-state index contributed by atoms with van der Waals surface area (Å²) in [6.07, 6.45) is 5.02. The van der Waals surface area contributed by atoms with Gasteiger partial charge in [0.1, 0.15) is 0 Å². The van der Waals surface area contributed by atoms with Crippen LogP contribution in [0.4, 0.5) is 0 Å². The minimum atomic E-state index is -3.52. The van der Waals surface area contributed by atoms with E-state index in [9.17, 15) is 13.2 Å². The van der Waals surface area contributed by atoms with Crippen LogP contribution >= 0.6 is 0 Å². The quantitative estimate of drug-likeness (QED) is 0.638. The van der Waals surface area contributed by atoms with Gasteiger partial charge in [-0.05, 0) is 69.8 Å². The van der Waals surface area contributed by atoms with Crippen molar-refractivity contribution in [2.45, 2.75) is 44.3 Å². The molecule has 1 aliphatic rings. The standard InChI is InChI=1S/C19H27N4O3S/c1-14(27(25,26)23-11-8-15-6-9-20-10-7-15)2-5-19(24)16-3-4-17-18(12-16)22-13-21-17/h3-4,12-15,20H,2,5-11H2,1H3,(H,21,22). The van der Waals surface area contributed by atoms with Crippen LogP contribution < -0.4 is 10.0 Å². The van der Waals surface area contributed by atoms with Crippen LogP contribution in [0.15, 0.2) is 24.5 Å². The number of piperidine rings is 1. The second kappa shape index (κ2) is 8.95. The fraction of sp³-hybridized carbons (Fsp3) is 0.579. The number of hydrogen-bond donors (Lipinski definition) is 2. The first-order chi connectivity index (χ1) is 13.0. The van der Waals surface area contributed by atoms with Gasteiger partial charge in [-0.2, -0.15) is 0 Å². The van der Waals surface area contributed by atoms with Crippen molar-refractivity contribution in [3.8, 4) is 0 Å². The maximum absolute atomic E-state index is 12.4. The highest BCUT2D eigenvalue weighted by molar-refractivity contribution is 7.90. The molecule has 0 aliphatic carbocycles. The fourth-order valence-corrected chi connectivity index (χ4v) is 4.42. The third-order valence-corrected chi connectivity index (χ3v) is 7.09. The molecule has 0 amide bonds. The summed E-state index contributed by atoms with van der Waals surface area (Å²) in [5, 5.41) is 2.65. The number of nitrogens with zero attached hydrogens (tertiary/aromatic N) is 2. The van der Waals surface area contributed by atoms with Crippen molar-refractivity contribution in [2.24, 2.45) is 5.92 Å². The summed E-state index contributed by atoms with van der Waals surface area (Å²) in [4.78, 5) is 19.5. The number of aromatic amines is 1. The lowest BCUT2D eigenvalue weighted by Gasteiger charge is -2.22. The van der Waals surface area contributed by atoms with Crippen LogP contribution in [0.5, 0.6) is 0 Å². The highest BCUT2D eigenvalue weighted by Crippen LogP contribution is 2.18. The van der Waals surface area contributed by atoms with E-state index in [1.54, 1.807) is 25.4 Å². The van der Waals surface area contributed by atoms with Crippen molar-refractivity contribution in [3.63, 3.8) is 0 Å². The van der Waals surface area contributed by atoms with E-state index in [1.165, 1.54) is 0 Å². The molecule has 0 bridgehead atoms. The lowest BCUT2D eigenvalue weighted by Crippen LogP contribution is -2.31. The van der Waals surface area contributed by atoms with Gasteiger partial charge in [-0.25, -0.2) is 13.4 Å². The Balaban J connectivity index is 1.46. The van der Waals surface area contributed by atoms with Crippen LogP contribution in [0.2, 0.25) is 0 Å². The third kappa shape index (κ3) is 5.37. The van der Waals surface area contributed by atoms with Crippen LogP contribution in [0.25, 0.3) is 11.0 Å². The SMILES string of the molecule is CC(CCC(=O)c1ccc2[nH]cnc2c1)S(=O)(=O)[N]CCC1CCNCC1. The van der Waals surface area contributed by atoms with Gasteiger partial charge in [-0.1, -0.05) is 0 Å². The Morgan fingerprint density at radius 1 is 1.33 bits per heavy atom. The van der Waals surface area contributed by atoms with Gasteiger partial charge >= 0.3 is 0 Å². The molecule has 1 atom stereocenters. The summed E-state index contributed by atoms with van der Waals surface area (Å²) in [6, 6.07) is 5.29. The highest BCUT2D eigenvalue weighted by atomic mass is 32.2. The smallest absolute Gasteiger partial charge is 0.230 e. The van der Waals surface area contributed by atoms with Gasteiger partial charge in [0.2, 0.25) is 10.0 Å². The third-order valence-electron chi connectivity index (χ3n) is 5.30. The average Bonchev–Trinajstić information content (AvgIpc) is 3.14. The zero-order chi connectivity index (χ0) is 19.3. The van der Waals surface area contributed by atoms with Crippen LogP contribution in [0.1, 0.15) is 49.4 Å². The molecule has 2 heterocycles. The molecule has 27 heavy (non-hydrogen) atoms. The van der Waals surface area contributed by atoms with E-state index >= 15 is 0 Å². The van der Waals surface area contributed by atoms with Crippen LogP contribution in [-0.4, -0.2) is 49.1 Å². The summed E-state index contributed by atoms with van der Waals surface area (Å²) >= 11 is 0. The number of rotatable bonds is 9. The van der Waals surface area contributed by atoms with Crippen molar-refractivity contribution in [1.29, 1.82) is 0 Å². The van der Waals surface area contributed by atoms with E-state index < -0.39 is 15.3 Å².